The molecule has 0 fully saturated rings. The molecule has 0 bridgehead atoms. The molecule has 0 aromatic heterocycles. The summed E-state index contributed by atoms with van der Waals surface area (Å²) in [4.78, 5) is 26.2. The summed E-state index contributed by atoms with van der Waals surface area (Å²) < 4.78 is 5.90. The largest absolute Gasteiger partial charge is 0.462 e. The maximum absolute atomic E-state index is 13.2. The number of allylic oxidation sites excluding steroid dienone is 12. The Morgan fingerprint density at radius 1 is 0.462 bits per heavy atom. The summed E-state index contributed by atoms with van der Waals surface area (Å²) in [5.74, 6) is -0.585. The van der Waals surface area contributed by atoms with E-state index >= 15 is 0 Å². The molecule has 6 nitrogen and oxygen atoms in total. The van der Waals surface area contributed by atoms with Crippen LogP contribution >= 0.6 is 0 Å². The second kappa shape index (κ2) is 52.3. The van der Waals surface area contributed by atoms with Crippen molar-refractivity contribution in [2.24, 2.45) is 0 Å². The Bertz CT molecular complexity index is 1200. The van der Waals surface area contributed by atoms with E-state index in [-0.39, 0.29) is 31.3 Å². The number of hydrogen-bond donors (Lipinski definition) is 3. The average molecular weight is 908 g/mol. The standard InChI is InChI=1S/C59H105NO5/c1-4-7-10-13-16-19-22-25-28-30-33-36-39-42-45-48-51-57(62)56(54-61)60-58(63)53-55(50-47-44-41-38-35-32-27-24-21-18-15-12-9-6-3)65-59(64)52-49-46-43-40-37-34-31-29-26-23-20-17-14-11-8-5-2/h8,11,17,20,26,29,32,34-35,37,43,46,55-57,61-62H,4-7,9-10,12-16,18-19,21-25,27-28,30-31,33,36,38-42,44-45,47-54H2,1-3H3,(H,60,63)/b11-8+,20-17+,29-26+,35-32+,37-34+,46-43+. The van der Waals surface area contributed by atoms with E-state index in [4.69, 9.17) is 4.74 Å². The van der Waals surface area contributed by atoms with Gasteiger partial charge in [0.15, 0.2) is 0 Å². The van der Waals surface area contributed by atoms with Gasteiger partial charge in [-0.05, 0) is 83.5 Å². The second-order valence-electron chi connectivity index (χ2n) is 18.6. The fourth-order valence-electron chi connectivity index (χ4n) is 8.12. The number of carbonyl (C=O) groups excluding carboxylic acids is 2. The van der Waals surface area contributed by atoms with Crippen LogP contribution in [0.4, 0.5) is 0 Å². The number of aliphatic hydroxyl groups excluding tert-OH is 2. The number of carbonyl (C=O) groups is 2. The molecule has 0 heterocycles. The summed E-state index contributed by atoms with van der Waals surface area (Å²) in [7, 11) is 0. The number of aliphatic hydroxyl groups is 2. The number of rotatable bonds is 49. The average Bonchev–Trinajstić information content (AvgIpc) is 3.30. The van der Waals surface area contributed by atoms with Crippen molar-refractivity contribution in [2.75, 3.05) is 6.61 Å². The highest BCUT2D eigenvalue weighted by atomic mass is 16.5. The van der Waals surface area contributed by atoms with E-state index in [0.717, 1.165) is 83.5 Å². The van der Waals surface area contributed by atoms with Crippen molar-refractivity contribution in [2.45, 2.75) is 283 Å². The zero-order valence-electron chi connectivity index (χ0n) is 42.9. The molecule has 0 saturated carbocycles. The maximum Gasteiger partial charge on any atom is 0.306 e. The van der Waals surface area contributed by atoms with Gasteiger partial charge in [-0.15, -0.1) is 0 Å². The highest BCUT2D eigenvalue weighted by molar-refractivity contribution is 5.77. The van der Waals surface area contributed by atoms with Crippen molar-refractivity contribution < 1.29 is 24.5 Å². The molecule has 376 valence electrons. The first-order valence-corrected chi connectivity index (χ1v) is 27.7. The molecule has 0 saturated heterocycles. The second-order valence-corrected chi connectivity index (χ2v) is 18.6. The van der Waals surface area contributed by atoms with Crippen molar-refractivity contribution in [1.82, 2.24) is 5.32 Å². The van der Waals surface area contributed by atoms with Gasteiger partial charge in [-0.2, -0.15) is 0 Å². The third-order valence-electron chi connectivity index (χ3n) is 12.3. The topological polar surface area (TPSA) is 95.9 Å². The normalized spacial score (nSPS) is 13.7. The van der Waals surface area contributed by atoms with Crippen molar-refractivity contribution >= 4 is 11.9 Å². The summed E-state index contributed by atoms with van der Waals surface area (Å²) in [5.41, 5.74) is 0. The van der Waals surface area contributed by atoms with Gasteiger partial charge in [-0.3, -0.25) is 9.59 Å². The minimum absolute atomic E-state index is 0.0357. The zero-order chi connectivity index (χ0) is 47.4. The van der Waals surface area contributed by atoms with E-state index in [1.807, 2.05) is 6.08 Å². The lowest BCUT2D eigenvalue weighted by Crippen LogP contribution is -2.46. The van der Waals surface area contributed by atoms with Gasteiger partial charge in [-0.1, -0.05) is 241 Å². The van der Waals surface area contributed by atoms with Crippen molar-refractivity contribution in [3.8, 4) is 0 Å². The van der Waals surface area contributed by atoms with Crippen LogP contribution in [0.1, 0.15) is 265 Å². The lowest BCUT2D eigenvalue weighted by atomic mass is 10.0. The van der Waals surface area contributed by atoms with Gasteiger partial charge >= 0.3 is 5.97 Å². The fraction of sp³-hybridized carbons (Fsp3) is 0.763. The molecule has 65 heavy (non-hydrogen) atoms. The van der Waals surface area contributed by atoms with Crippen LogP contribution in [-0.2, 0) is 14.3 Å². The van der Waals surface area contributed by atoms with Crippen molar-refractivity contribution in [1.29, 1.82) is 0 Å². The quantitative estimate of drug-likeness (QED) is 0.0321. The van der Waals surface area contributed by atoms with E-state index in [9.17, 15) is 19.8 Å². The monoisotopic (exact) mass is 908 g/mol. The summed E-state index contributed by atoms with van der Waals surface area (Å²) in [6.45, 7) is 6.36. The van der Waals surface area contributed by atoms with Crippen LogP contribution in [0.2, 0.25) is 0 Å². The molecule has 0 rings (SSSR count). The number of esters is 1. The Labute approximate surface area is 402 Å². The Morgan fingerprint density at radius 3 is 1.28 bits per heavy atom. The van der Waals surface area contributed by atoms with Gasteiger partial charge in [0, 0.05) is 6.42 Å². The molecule has 0 aliphatic carbocycles. The first-order valence-electron chi connectivity index (χ1n) is 27.7. The van der Waals surface area contributed by atoms with Gasteiger partial charge in [-0.25, -0.2) is 0 Å². The van der Waals surface area contributed by atoms with Crippen LogP contribution in [0.3, 0.4) is 0 Å². The number of amides is 1. The molecule has 0 aromatic carbocycles. The van der Waals surface area contributed by atoms with Crippen LogP contribution in [-0.4, -0.2) is 46.9 Å². The highest BCUT2D eigenvalue weighted by Crippen LogP contribution is 2.17. The number of ether oxygens (including phenoxy) is 1. The van der Waals surface area contributed by atoms with Gasteiger partial charge in [0.25, 0.3) is 0 Å². The van der Waals surface area contributed by atoms with Crippen molar-refractivity contribution in [3.63, 3.8) is 0 Å². The lowest BCUT2D eigenvalue weighted by Gasteiger charge is -2.24. The molecule has 1 amide bonds. The van der Waals surface area contributed by atoms with E-state index in [0.29, 0.717) is 19.3 Å². The van der Waals surface area contributed by atoms with E-state index < -0.39 is 18.2 Å². The molecule has 0 aliphatic heterocycles. The highest BCUT2D eigenvalue weighted by Gasteiger charge is 2.24. The minimum atomic E-state index is -0.807. The van der Waals surface area contributed by atoms with Crippen LogP contribution in [0.15, 0.2) is 72.9 Å². The Hall–Kier alpha value is -2.70. The number of hydrogen-bond acceptors (Lipinski definition) is 5. The van der Waals surface area contributed by atoms with E-state index in [2.05, 4.69) is 92.9 Å². The lowest BCUT2D eigenvalue weighted by molar-refractivity contribution is -0.150. The van der Waals surface area contributed by atoms with Gasteiger partial charge in [0.05, 0.1) is 25.2 Å². The number of nitrogens with one attached hydrogen (secondary N) is 1. The summed E-state index contributed by atoms with van der Waals surface area (Å²) >= 11 is 0. The smallest absolute Gasteiger partial charge is 0.306 e. The third kappa shape index (κ3) is 47.6. The Balaban J connectivity index is 4.66. The zero-order valence-corrected chi connectivity index (χ0v) is 42.9. The molecule has 6 heteroatoms. The van der Waals surface area contributed by atoms with Gasteiger partial charge in [0.2, 0.25) is 5.91 Å². The number of unbranched alkanes of at least 4 members (excludes halogenated alkanes) is 25. The molecule has 3 atom stereocenters. The molecule has 0 aliphatic rings. The van der Waals surface area contributed by atoms with E-state index in [1.165, 1.54) is 128 Å². The first kappa shape index (κ1) is 62.3. The minimum Gasteiger partial charge on any atom is -0.462 e. The molecule has 0 radical (unpaired) electrons. The van der Waals surface area contributed by atoms with Crippen LogP contribution in [0.5, 0.6) is 0 Å². The molecular formula is C59H105NO5. The summed E-state index contributed by atoms with van der Waals surface area (Å²) in [6.07, 6.45) is 66.9. The molecular weight excluding hydrogens is 803 g/mol. The van der Waals surface area contributed by atoms with Gasteiger partial charge < -0.3 is 20.3 Å². The predicted molar refractivity (Wildman–Crippen MR) is 282 cm³/mol. The van der Waals surface area contributed by atoms with Crippen LogP contribution < -0.4 is 5.32 Å². The maximum atomic E-state index is 13.2. The first-order chi connectivity index (χ1) is 32.0. The third-order valence-corrected chi connectivity index (χ3v) is 12.3. The molecule has 0 spiro atoms. The SMILES string of the molecule is CC/C=C/C/C=C/C/C=C/C/C=C/C/C=C/CCC(=O)OC(CCCCC/C=C/CCCCCCCCC)CC(=O)NC(CO)C(O)CCCCCCCCCCCCCCCCCC. The molecule has 0 aromatic rings. The van der Waals surface area contributed by atoms with Crippen LogP contribution in [0, 0.1) is 0 Å². The van der Waals surface area contributed by atoms with Gasteiger partial charge in [0.1, 0.15) is 6.10 Å². The van der Waals surface area contributed by atoms with Crippen molar-refractivity contribution in [3.05, 3.63) is 72.9 Å². The Morgan fingerprint density at radius 2 is 0.831 bits per heavy atom. The van der Waals surface area contributed by atoms with Crippen LogP contribution in [0.25, 0.3) is 0 Å². The summed E-state index contributed by atoms with van der Waals surface area (Å²) in [5, 5.41) is 23.8. The molecule has 3 N–H and O–H groups in total. The van der Waals surface area contributed by atoms with E-state index in [1.54, 1.807) is 0 Å². The summed E-state index contributed by atoms with van der Waals surface area (Å²) in [6, 6.07) is -0.724. The fourth-order valence-corrected chi connectivity index (χ4v) is 8.12. The Kier molecular flexibility index (Phi) is 50.1. The predicted octanol–water partition coefficient (Wildman–Crippen LogP) is 17.0. The molecule has 3 unspecified atom stereocenters.